The molecule has 2 aliphatic heterocycles. The van der Waals surface area contributed by atoms with Crippen molar-refractivity contribution < 1.29 is 0 Å². The molecule has 2 bridgehead atoms. The largest absolute Gasteiger partial charge is 0.353 e. The fourth-order valence-electron chi connectivity index (χ4n) is 4.09. The number of aromatic nitrogens is 1. The normalized spacial score (nSPS) is 28.1. The highest BCUT2D eigenvalue weighted by molar-refractivity contribution is 7.17. The van der Waals surface area contributed by atoms with Gasteiger partial charge in [-0.3, -0.25) is 0 Å². The van der Waals surface area contributed by atoms with Gasteiger partial charge >= 0.3 is 0 Å². The Morgan fingerprint density at radius 2 is 2.10 bits per heavy atom. The second-order valence-corrected chi connectivity index (χ2v) is 7.37. The van der Waals surface area contributed by atoms with E-state index in [1.165, 1.54) is 48.0 Å². The summed E-state index contributed by atoms with van der Waals surface area (Å²) in [6, 6.07) is 6.49. The number of nitrogens with zero attached hydrogens (tertiary/aromatic N) is 2. The Bertz CT molecular complexity index is 611. The van der Waals surface area contributed by atoms with E-state index in [-0.39, 0.29) is 0 Å². The molecule has 2 aliphatic rings. The van der Waals surface area contributed by atoms with Gasteiger partial charge < -0.3 is 10.2 Å². The van der Waals surface area contributed by atoms with Crippen molar-refractivity contribution in [2.24, 2.45) is 0 Å². The third kappa shape index (κ3) is 2.44. The zero-order chi connectivity index (χ0) is 14.2. The highest BCUT2D eigenvalue weighted by Gasteiger charge is 2.36. The van der Waals surface area contributed by atoms with Crippen LogP contribution in [0.2, 0.25) is 0 Å². The molecule has 0 aliphatic carbocycles. The lowest BCUT2D eigenvalue weighted by Crippen LogP contribution is -2.49. The third-order valence-electron chi connectivity index (χ3n) is 4.98. The fraction of sp³-hybridized carbons (Fsp3) is 0.588. The van der Waals surface area contributed by atoms with E-state index >= 15 is 0 Å². The first-order valence-corrected chi connectivity index (χ1v) is 9.08. The average Bonchev–Trinajstić information content (AvgIpc) is 3.11. The molecule has 2 aromatic heterocycles. The Morgan fingerprint density at radius 3 is 2.86 bits per heavy atom. The zero-order valence-corrected chi connectivity index (χ0v) is 13.4. The standard InChI is InChI=1S/C17H23N3S/c1-2-8-20(14-10-12-3-4-13(11-14)19-12)17-15-6-9-21-16(15)5-7-18-17/h5-7,9,12-14,19H,2-4,8,10-11H2,1H3. The first-order valence-electron chi connectivity index (χ1n) is 8.20. The fourth-order valence-corrected chi connectivity index (χ4v) is 4.87. The molecule has 0 aromatic carbocycles. The van der Waals surface area contributed by atoms with E-state index in [1.807, 2.05) is 17.5 Å². The molecule has 4 heterocycles. The molecule has 0 amide bonds. The first-order chi connectivity index (χ1) is 10.3. The number of hydrogen-bond acceptors (Lipinski definition) is 4. The van der Waals surface area contributed by atoms with Gasteiger partial charge in [-0.15, -0.1) is 11.3 Å². The molecule has 112 valence electrons. The van der Waals surface area contributed by atoms with Crippen LogP contribution < -0.4 is 10.2 Å². The Morgan fingerprint density at radius 1 is 1.29 bits per heavy atom. The summed E-state index contributed by atoms with van der Waals surface area (Å²) >= 11 is 1.82. The maximum atomic E-state index is 4.76. The second kappa shape index (κ2) is 5.58. The molecular formula is C17H23N3S. The SMILES string of the molecule is CCCN(c1nccc2sccc12)C1CC2CCC(C1)N2. The zero-order valence-electron chi connectivity index (χ0n) is 12.6. The van der Waals surface area contributed by atoms with Gasteiger partial charge in [0.1, 0.15) is 5.82 Å². The second-order valence-electron chi connectivity index (χ2n) is 6.42. The van der Waals surface area contributed by atoms with Crippen LogP contribution in [0.5, 0.6) is 0 Å². The molecule has 0 radical (unpaired) electrons. The third-order valence-corrected chi connectivity index (χ3v) is 5.87. The van der Waals surface area contributed by atoms with Gasteiger partial charge in [-0.25, -0.2) is 4.98 Å². The van der Waals surface area contributed by atoms with Crippen molar-refractivity contribution in [3.05, 3.63) is 23.7 Å². The number of rotatable bonds is 4. The van der Waals surface area contributed by atoms with Gasteiger partial charge in [0.15, 0.2) is 0 Å². The number of hydrogen-bond donors (Lipinski definition) is 1. The van der Waals surface area contributed by atoms with Crippen molar-refractivity contribution in [3.8, 4) is 0 Å². The van der Waals surface area contributed by atoms with E-state index < -0.39 is 0 Å². The summed E-state index contributed by atoms with van der Waals surface area (Å²) in [5.41, 5.74) is 0. The summed E-state index contributed by atoms with van der Waals surface area (Å²) in [6.45, 7) is 3.39. The number of pyridine rings is 1. The number of anilines is 1. The van der Waals surface area contributed by atoms with Crippen LogP contribution >= 0.6 is 11.3 Å². The van der Waals surface area contributed by atoms with Crippen molar-refractivity contribution in [1.29, 1.82) is 0 Å². The van der Waals surface area contributed by atoms with E-state index in [4.69, 9.17) is 4.98 Å². The maximum absolute atomic E-state index is 4.76. The van der Waals surface area contributed by atoms with E-state index in [9.17, 15) is 0 Å². The summed E-state index contributed by atoms with van der Waals surface area (Å²) in [4.78, 5) is 7.35. The molecule has 4 rings (SSSR count). The highest BCUT2D eigenvalue weighted by Crippen LogP contribution is 2.35. The van der Waals surface area contributed by atoms with Crippen LogP contribution in [0.15, 0.2) is 23.7 Å². The van der Waals surface area contributed by atoms with Gasteiger partial charge in [0, 0.05) is 41.0 Å². The van der Waals surface area contributed by atoms with Crippen molar-refractivity contribution in [2.75, 3.05) is 11.4 Å². The molecule has 1 N–H and O–H groups in total. The lowest BCUT2D eigenvalue weighted by atomic mass is 9.97. The number of piperidine rings is 1. The van der Waals surface area contributed by atoms with Gasteiger partial charge in [-0.2, -0.15) is 0 Å². The van der Waals surface area contributed by atoms with Crippen LogP contribution in [0.1, 0.15) is 39.0 Å². The lowest BCUT2D eigenvalue weighted by Gasteiger charge is -2.38. The van der Waals surface area contributed by atoms with Gasteiger partial charge in [0.25, 0.3) is 0 Å². The number of thiophene rings is 1. The summed E-state index contributed by atoms with van der Waals surface area (Å²) in [5.74, 6) is 1.21. The van der Waals surface area contributed by atoms with Crippen LogP contribution in [-0.4, -0.2) is 29.7 Å². The molecule has 2 fully saturated rings. The Kier molecular flexibility index (Phi) is 3.59. The summed E-state index contributed by atoms with van der Waals surface area (Å²) in [5, 5.41) is 7.28. The molecular weight excluding hydrogens is 278 g/mol. The Balaban J connectivity index is 1.69. The van der Waals surface area contributed by atoms with Gasteiger partial charge in [0.05, 0.1) is 0 Å². The number of fused-ring (bicyclic) bond motifs is 3. The van der Waals surface area contributed by atoms with E-state index in [1.54, 1.807) is 0 Å². The molecule has 0 spiro atoms. The molecule has 2 saturated heterocycles. The predicted octanol–water partition coefficient (Wildman–Crippen LogP) is 3.80. The highest BCUT2D eigenvalue weighted by atomic mass is 32.1. The van der Waals surface area contributed by atoms with Gasteiger partial charge in [-0.1, -0.05) is 6.92 Å². The molecule has 0 saturated carbocycles. The molecule has 2 atom stereocenters. The molecule has 2 aromatic rings. The van der Waals surface area contributed by atoms with E-state index in [2.05, 4.69) is 34.7 Å². The quantitative estimate of drug-likeness (QED) is 0.931. The van der Waals surface area contributed by atoms with Crippen LogP contribution in [-0.2, 0) is 0 Å². The minimum Gasteiger partial charge on any atom is -0.353 e. The van der Waals surface area contributed by atoms with Crippen molar-refractivity contribution in [3.63, 3.8) is 0 Å². The smallest absolute Gasteiger partial charge is 0.137 e. The summed E-state index contributed by atoms with van der Waals surface area (Å²) in [7, 11) is 0. The summed E-state index contributed by atoms with van der Waals surface area (Å²) < 4.78 is 1.36. The molecule has 21 heavy (non-hydrogen) atoms. The van der Waals surface area contributed by atoms with Crippen molar-refractivity contribution >= 4 is 27.2 Å². The predicted molar refractivity (Wildman–Crippen MR) is 90.2 cm³/mol. The van der Waals surface area contributed by atoms with Gasteiger partial charge in [0.2, 0.25) is 0 Å². The first kappa shape index (κ1) is 13.5. The Labute approximate surface area is 130 Å². The number of nitrogens with one attached hydrogen (secondary N) is 1. The average molecular weight is 301 g/mol. The topological polar surface area (TPSA) is 28.2 Å². The van der Waals surface area contributed by atoms with Crippen molar-refractivity contribution in [1.82, 2.24) is 10.3 Å². The lowest BCUT2D eigenvalue weighted by molar-refractivity contribution is 0.346. The molecule has 4 heteroatoms. The molecule has 2 unspecified atom stereocenters. The van der Waals surface area contributed by atoms with E-state index in [0.717, 1.165) is 18.6 Å². The minimum atomic E-state index is 0.654. The van der Waals surface area contributed by atoms with Crippen molar-refractivity contribution in [2.45, 2.75) is 57.2 Å². The minimum absolute atomic E-state index is 0.654. The van der Waals surface area contributed by atoms with Crippen LogP contribution in [0.4, 0.5) is 5.82 Å². The maximum Gasteiger partial charge on any atom is 0.137 e. The monoisotopic (exact) mass is 301 g/mol. The van der Waals surface area contributed by atoms with Crippen LogP contribution in [0, 0.1) is 0 Å². The van der Waals surface area contributed by atoms with Crippen LogP contribution in [0.25, 0.3) is 10.1 Å². The van der Waals surface area contributed by atoms with Gasteiger partial charge in [-0.05, 0) is 49.6 Å². The Hall–Kier alpha value is -1.13. The summed E-state index contributed by atoms with van der Waals surface area (Å²) in [6.07, 6.45) is 8.43. The van der Waals surface area contributed by atoms with Crippen LogP contribution in [0.3, 0.4) is 0 Å². The molecule has 3 nitrogen and oxygen atoms in total. The van der Waals surface area contributed by atoms with E-state index in [0.29, 0.717) is 6.04 Å².